The molecule has 0 saturated carbocycles. The van der Waals surface area contributed by atoms with E-state index in [0.717, 1.165) is 0 Å². The summed E-state index contributed by atoms with van der Waals surface area (Å²) in [6, 6.07) is 14.7. The number of hydrogen-bond acceptors (Lipinski definition) is 6. The Morgan fingerprint density at radius 2 is 1.65 bits per heavy atom. The van der Waals surface area contributed by atoms with Gasteiger partial charge in [-0.15, -0.1) is 0 Å². The first-order valence-electron chi connectivity index (χ1n) is 12.7. The molecule has 3 aromatic rings. The number of urea groups is 1. The maximum atomic E-state index is 13.5. The lowest BCUT2D eigenvalue weighted by Crippen LogP contribution is -2.34. The summed E-state index contributed by atoms with van der Waals surface area (Å²) in [6.45, 7) is 5.95. The number of aromatic nitrogens is 1. The van der Waals surface area contributed by atoms with E-state index in [9.17, 15) is 18.8 Å². The molecule has 1 atom stereocenters. The number of rotatable bonds is 9. The van der Waals surface area contributed by atoms with Crippen LogP contribution in [0.25, 0.3) is 0 Å². The van der Waals surface area contributed by atoms with E-state index < -0.39 is 35.5 Å². The number of amides is 4. The summed E-state index contributed by atoms with van der Waals surface area (Å²) >= 11 is 0. The lowest BCUT2D eigenvalue weighted by molar-refractivity contribution is 0.0635. The normalized spacial score (nSPS) is 11.9. The van der Waals surface area contributed by atoms with Crippen molar-refractivity contribution in [2.75, 3.05) is 36.6 Å². The van der Waals surface area contributed by atoms with Gasteiger partial charge in [0.15, 0.2) is 0 Å². The highest BCUT2D eigenvalue weighted by Gasteiger charge is 2.19. The minimum atomic E-state index is -0.673. The molecule has 4 N–H and O–H groups in total. The molecule has 1 unspecified atom stereocenters. The van der Waals surface area contributed by atoms with Crippen LogP contribution >= 0.6 is 0 Å². The standard InChI is InChI=1S/C29H35FN6O4/c1-29(2,3)40-28(39)35-24-12-7-6-11-23(24)33-26(37)25-14-13-19(18-31-25)22(15-16-36(4)5)34-27(38)32-21-10-8-9-20(30)17-21/h6-14,17-18,22H,15-16H2,1-5H3,(H,33,37)(H,35,39)(H2,32,34,38). The maximum absolute atomic E-state index is 13.5. The van der Waals surface area contributed by atoms with E-state index in [1.807, 2.05) is 19.0 Å². The quantitative estimate of drug-likeness (QED) is 0.274. The van der Waals surface area contributed by atoms with Crippen LogP contribution in [0.4, 0.5) is 31.0 Å². The highest BCUT2D eigenvalue weighted by molar-refractivity contribution is 6.05. The number of anilines is 3. The summed E-state index contributed by atoms with van der Waals surface area (Å²) < 4.78 is 18.8. The number of carbonyl (C=O) groups excluding carboxylic acids is 3. The van der Waals surface area contributed by atoms with Crippen LogP contribution in [-0.2, 0) is 4.74 Å². The van der Waals surface area contributed by atoms with Gasteiger partial charge < -0.3 is 25.6 Å². The topological polar surface area (TPSA) is 125 Å². The highest BCUT2D eigenvalue weighted by atomic mass is 19.1. The Labute approximate surface area is 233 Å². The van der Waals surface area contributed by atoms with E-state index in [2.05, 4.69) is 26.3 Å². The molecule has 0 saturated heterocycles. The Morgan fingerprint density at radius 3 is 2.25 bits per heavy atom. The van der Waals surface area contributed by atoms with Crippen molar-refractivity contribution in [3.8, 4) is 0 Å². The SMILES string of the molecule is CN(C)CCC(NC(=O)Nc1cccc(F)c1)c1ccc(C(=O)Nc2ccccc2NC(=O)OC(C)(C)C)nc1. The molecule has 3 rings (SSSR count). The Kier molecular flexibility index (Phi) is 10.2. The molecule has 40 heavy (non-hydrogen) atoms. The molecule has 10 nitrogen and oxygen atoms in total. The molecule has 1 heterocycles. The first-order valence-corrected chi connectivity index (χ1v) is 12.7. The number of pyridine rings is 1. The highest BCUT2D eigenvalue weighted by Crippen LogP contribution is 2.23. The summed E-state index contributed by atoms with van der Waals surface area (Å²) in [5.41, 5.74) is 1.25. The first-order chi connectivity index (χ1) is 18.9. The number of nitrogens with zero attached hydrogens (tertiary/aromatic N) is 2. The zero-order chi connectivity index (χ0) is 29.3. The van der Waals surface area contributed by atoms with Gasteiger partial charge in [0, 0.05) is 11.9 Å². The number of para-hydroxylation sites is 2. The van der Waals surface area contributed by atoms with Gasteiger partial charge in [-0.2, -0.15) is 0 Å². The fourth-order valence-corrected chi connectivity index (χ4v) is 3.65. The van der Waals surface area contributed by atoms with Crippen LogP contribution in [0.15, 0.2) is 66.9 Å². The zero-order valence-corrected chi connectivity index (χ0v) is 23.2. The average Bonchev–Trinajstić information content (AvgIpc) is 2.86. The summed E-state index contributed by atoms with van der Waals surface area (Å²) in [5.74, 6) is -0.935. The van der Waals surface area contributed by atoms with Crippen LogP contribution in [0.5, 0.6) is 0 Å². The number of carbonyl (C=O) groups is 3. The first kappa shape index (κ1) is 30.0. The Morgan fingerprint density at radius 1 is 0.950 bits per heavy atom. The number of hydrogen-bond donors (Lipinski definition) is 4. The molecule has 2 aromatic carbocycles. The predicted molar refractivity (Wildman–Crippen MR) is 153 cm³/mol. The largest absolute Gasteiger partial charge is 0.444 e. The van der Waals surface area contributed by atoms with Gasteiger partial charge in [-0.1, -0.05) is 24.3 Å². The molecule has 0 bridgehead atoms. The lowest BCUT2D eigenvalue weighted by atomic mass is 10.1. The number of ether oxygens (including phenoxy) is 1. The van der Waals surface area contributed by atoms with Gasteiger partial charge in [0.25, 0.3) is 5.91 Å². The van der Waals surface area contributed by atoms with Crippen molar-refractivity contribution in [3.63, 3.8) is 0 Å². The predicted octanol–water partition coefficient (Wildman–Crippen LogP) is 5.63. The van der Waals surface area contributed by atoms with Crippen molar-refractivity contribution < 1.29 is 23.5 Å². The van der Waals surface area contributed by atoms with Crippen LogP contribution in [0.3, 0.4) is 0 Å². The molecule has 212 valence electrons. The maximum Gasteiger partial charge on any atom is 0.412 e. The van der Waals surface area contributed by atoms with Crippen LogP contribution in [0.1, 0.15) is 49.3 Å². The van der Waals surface area contributed by atoms with E-state index in [-0.39, 0.29) is 5.69 Å². The zero-order valence-electron chi connectivity index (χ0n) is 23.2. The molecular formula is C29H35FN6O4. The Bertz CT molecular complexity index is 1320. The van der Waals surface area contributed by atoms with Gasteiger partial charge in [-0.05, 0) is 89.8 Å². The van der Waals surface area contributed by atoms with Gasteiger partial charge in [-0.25, -0.2) is 14.0 Å². The average molecular weight is 551 g/mol. The molecule has 4 amide bonds. The van der Waals surface area contributed by atoms with Crippen LogP contribution in [0, 0.1) is 5.82 Å². The van der Waals surface area contributed by atoms with E-state index in [4.69, 9.17) is 4.74 Å². The molecule has 1 aromatic heterocycles. The van der Waals surface area contributed by atoms with Crippen molar-refractivity contribution in [2.24, 2.45) is 0 Å². The second kappa shape index (κ2) is 13.5. The van der Waals surface area contributed by atoms with Gasteiger partial charge in [0.1, 0.15) is 17.1 Å². The Balaban J connectivity index is 1.70. The molecule has 0 aliphatic heterocycles. The van der Waals surface area contributed by atoms with Crippen molar-refractivity contribution in [1.82, 2.24) is 15.2 Å². The summed E-state index contributed by atoms with van der Waals surface area (Å²) in [6.07, 6.45) is 1.46. The smallest absolute Gasteiger partial charge is 0.412 e. The van der Waals surface area contributed by atoms with Crippen molar-refractivity contribution >= 4 is 35.1 Å². The van der Waals surface area contributed by atoms with Gasteiger partial charge in [0.2, 0.25) is 0 Å². The number of benzene rings is 2. The fraction of sp³-hybridized carbons (Fsp3) is 0.310. The molecule has 0 fully saturated rings. The molecule has 0 aliphatic carbocycles. The molecule has 11 heteroatoms. The fourth-order valence-electron chi connectivity index (χ4n) is 3.65. The van der Waals surface area contributed by atoms with E-state index in [1.165, 1.54) is 24.4 Å². The van der Waals surface area contributed by atoms with E-state index in [1.54, 1.807) is 63.2 Å². The monoisotopic (exact) mass is 550 g/mol. The lowest BCUT2D eigenvalue weighted by Gasteiger charge is -2.21. The van der Waals surface area contributed by atoms with Crippen LogP contribution in [-0.4, -0.2) is 54.2 Å². The number of nitrogens with one attached hydrogen (secondary N) is 4. The minimum Gasteiger partial charge on any atom is -0.444 e. The van der Waals surface area contributed by atoms with Crippen LogP contribution < -0.4 is 21.3 Å². The summed E-state index contributed by atoms with van der Waals surface area (Å²) in [4.78, 5) is 44.1. The third-order valence-corrected chi connectivity index (χ3v) is 5.49. The van der Waals surface area contributed by atoms with Crippen molar-refractivity contribution in [2.45, 2.75) is 38.8 Å². The van der Waals surface area contributed by atoms with E-state index in [0.29, 0.717) is 35.6 Å². The molecular weight excluding hydrogens is 515 g/mol. The molecule has 0 spiro atoms. The molecule has 0 aliphatic rings. The van der Waals surface area contributed by atoms with Crippen molar-refractivity contribution in [1.29, 1.82) is 0 Å². The van der Waals surface area contributed by atoms with Gasteiger partial charge in [-0.3, -0.25) is 15.1 Å². The summed E-state index contributed by atoms with van der Waals surface area (Å²) in [7, 11) is 3.84. The van der Waals surface area contributed by atoms with Gasteiger partial charge in [0.05, 0.1) is 17.4 Å². The second-order valence-electron chi connectivity index (χ2n) is 10.4. The third-order valence-electron chi connectivity index (χ3n) is 5.49. The minimum absolute atomic E-state index is 0.145. The summed E-state index contributed by atoms with van der Waals surface area (Å²) in [5, 5.41) is 10.9. The van der Waals surface area contributed by atoms with Crippen LogP contribution in [0.2, 0.25) is 0 Å². The van der Waals surface area contributed by atoms with E-state index >= 15 is 0 Å². The van der Waals surface area contributed by atoms with Gasteiger partial charge >= 0.3 is 12.1 Å². The Hall–Kier alpha value is -4.51. The molecule has 0 radical (unpaired) electrons. The number of halogens is 1. The second-order valence-corrected chi connectivity index (χ2v) is 10.4. The van der Waals surface area contributed by atoms with Crippen molar-refractivity contribution in [3.05, 3.63) is 83.9 Å². The third kappa shape index (κ3) is 9.66.